The molecule has 0 unspecified atom stereocenters. The zero-order valence-corrected chi connectivity index (χ0v) is 27.2. The highest BCUT2D eigenvalue weighted by molar-refractivity contribution is 9.11. The standard InChI is InChI=1S/C21H15Br6O4P/c1-10-4-19(16(25)7-13(10)22)29-32(28,30-20-5-11(2)14(23)8-17(20)26)31-21-6-12(3)15(24)9-18(21)27/h4-9H,1-3H3. The normalized spacial score (nSPS) is 11.4. The summed E-state index contributed by atoms with van der Waals surface area (Å²) in [7, 11) is -4.21. The van der Waals surface area contributed by atoms with Crippen molar-refractivity contribution in [3.63, 3.8) is 0 Å². The molecule has 4 nitrogen and oxygen atoms in total. The maximum Gasteiger partial charge on any atom is 0.647 e. The van der Waals surface area contributed by atoms with Crippen molar-refractivity contribution in [3.8, 4) is 17.2 Å². The minimum absolute atomic E-state index is 0.323. The lowest BCUT2D eigenvalue weighted by atomic mass is 10.2. The minimum atomic E-state index is -4.21. The molecule has 0 bridgehead atoms. The summed E-state index contributed by atoms with van der Waals surface area (Å²) in [6.45, 7) is 5.71. The second kappa shape index (κ2) is 10.8. The number of halogens is 6. The Hall–Kier alpha value is 0.170. The van der Waals surface area contributed by atoms with Crippen LogP contribution in [0.25, 0.3) is 0 Å². The third kappa shape index (κ3) is 6.43. The van der Waals surface area contributed by atoms with Crippen LogP contribution in [0.3, 0.4) is 0 Å². The highest BCUT2D eigenvalue weighted by Crippen LogP contribution is 2.54. The van der Waals surface area contributed by atoms with Crippen LogP contribution in [0.5, 0.6) is 17.2 Å². The molecule has 0 aliphatic heterocycles. The fourth-order valence-electron chi connectivity index (χ4n) is 2.52. The molecule has 0 saturated carbocycles. The molecule has 0 aliphatic carbocycles. The molecular formula is C21H15Br6O4P. The molecule has 0 aromatic heterocycles. The summed E-state index contributed by atoms with van der Waals surface area (Å²) in [5.41, 5.74) is 2.70. The number of rotatable bonds is 6. The van der Waals surface area contributed by atoms with Gasteiger partial charge in [-0.05, 0) is 122 Å². The molecule has 11 heteroatoms. The summed E-state index contributed by atoms with van der Waals surface area (Å²) >= 11 is 20.8. The molecule has 170 valence electrons. The summed E-state index contributed by atoms with van der Waals surface area (Å²) in [5.74, 6) is 0.969. The van der Waals surface area contributed by atoms with Gasteiger partial charge in [0.25, 0.3) is 0 Å². The first-order chi connectivity index (χ1) is 14.9. The van der Waals surface area contributed by atoms with Crippen molar-refractivity contribution >= 4 is 103 Å². The van der Waals surface area contributed by atoms with Crippen molar-refractivity contribution in [1.82, 2.24) is 0 Å². The van der Waals surface area contributed by atoms with Gasteiger partial charge >= 0.3 is 7.82 Å². The maximum absolute atomic E-state index is 14.0. The SMILES string of the molecule is Cc1cc(OP(=O)(Oc2cc(C)c(Br)cc2Br)Oc2cc(C)c(Br)cc2Br)c(Br)cc1Br. The van der Waals surface area contributed by atoms with Gasteiger partial charge in [0.2, 0.25) is 0 Å². The molecule has 3 aromatic rings. The van der Waals surface area contributed by atoms with Crippen molar-refractivity contribution in [2.45, 2.75) is 20.8 Å². The Bertz CT molecular complexity index is 1100. The predicted octanol–water partition coefficient (Wildman–Crippen LogP) is 10.8. The lowest BCUT2D eigenvalue weighted by molar-refractivity contribution is 0.296. The minimum Gasteiger partial charge on any atom is -0.385 e. The Morgan fingerprint density at radius 1 is 0.500 bits per heavy atom. The summed E-state index contributed by atoms with van der Waals surface area (Å²) in [6.07, 6.45) is 0. The zero-order valence-electron chi connectivity index (χ0n) is 16.8. The number of aryl methyl sites for hydroxylation is 3. The lowest BCUT2D eigenvalue weighted by Gasteiger charge is -2.22. The smallest absolute Gasteiger partial charge is 0.385 e. The van der Waals surface area contributed by atoms with Crippen LogP contribution in [0, 0.1) is 20.8 Å². The molecule has 0 heterocycles. The van der Waals surface area contributed by atoms with Crippen molar-refractivity contribution in [1.29, 1.82) is 0 Å². The van der Waals surface area contributed by atoms with Gasteiger partial charge in [0.05, 0.1) is 13.4 Å². The van der Waals surface area contributed by atoms with Crippen LogP contribution in [0.4, 0.5) is 0 Å². The number of hydrogen-bond acceptors (Lipinski definition) is 4. The van der Waals surface area contributed by atoms with Crippen LogP contribution in [-0.2, 0) is 4.57 Å². The van der Waals surface area contributed by atoms with Crippen molar-refractivity contribution < 1.29 is 18.1 Å². The zero-order chi connectivity index (χ0) is 23.8. The summed E-state index contributed by atoms with van der Waals surface area (Å²) in [5, 5.41) is 0. The van der Waals surface area contributed by atoms with E-state index in [-0.39, 0.29) is 0 Å². The van der Waals surface area contributed by atoms with Gasteiger partial charge in [-0.3, -0.25) is 0 Å². The van der Waals surface area contributed by atoms with Crippen LogP contribution in [0.1, 0.15) is 16.7 Å². The summed E-state index contributed by atoms with van der Waals surface area (Å²) in [6, 6.07) is 10.7. The maximum atomic E-state index is 14.0. The first-order valence-electron chi connectivity index (χ1n) is 8.94. The molecule has 32 heavy (non-hydrogen) atoms. The van der Waals surface area contributed by atoms with Crippen molar-refractivity contribution in [2.75, 3.05) is 0 Å². The van der Waals surface area contributed by atoms with Crippen LogP contribution < -0.4 is 13.6 Å². The van der Waals surface area contributed by atoms with Gasteiger partial charge in [-0.1, -0.05) is 47.8 Å². The molecule has 0 aliphatic rings. The summed E-state index contributed by atoms with van der Waals surface area (Å²) in [4.78, 5) is 0. The van der Waals surface area contributed by atoms with Crippen molar-refractivity contribution in [2.24, 2.45) is 0 Å². The monoisotopic (exact) mass is 836 g/mol. The fraction of sp³-hybridized carbons (Fsp3) is 0.143. The van der Waals surface area contributed by atoms with Crippen LogP contribution >= 0.6 is 103 Å². The third-order valence-electron chi connectivity index (χ3n) is 4.27. The van der Waals surface area contributed by atoms with Gasteiger partial charge in [0, 0.05) is 13.4 Å². The molecule has 0 atom stereocenters. The molecule has 0 N–H and O–H groups in total. The van der Waals surface area contributed by atoms with Crippen LogP contribution in [-0.4, -0.2) is 0 Å². The molecule has 0 amide bonds. The van der Waals surface area contributed by atoms with E-state index >= 15 is 0 Å². The molecule has 0 fully saturated rings. The van der Waals surface area contributed by atoms with E-state index in [0.29, 0.717) is 30.7 Å². The van der Waals surface area contributed by atoms with E-state index in [1.807, 2.05) is 39.0 Å². The third-order valence-corrected chi connectivity index (χ3v) is 9.95. The van der Waals surface area contributed by atoms with E-state index in [4.69, 9.17) is 13.6 Å². The van der Waals surface area contributed by atoms with E-state index in [1.54, 1.807) is 18.2 Å². The summed E-state index contributed by atoms with van der Waals surface area (Å²) < 4.78 is 36.1. The topological polar surface area (TPSA) is 44.8 Å². The van der Waals surface area contributed by atoms with E-state index in [2.05, 4.69) is 95.6 Å². The molecule has 3 rings (SSSR count). The van der Waals surface area contributed by atoms with Gasteiger partial charge in [0.1, 0.15) is 17.2 Å². The van der Waals surface area contributed by atoms with Crippen molar-refractivity contribution in [3.05, 3.63) is 79.9 Å². The Kier molecular flexibility index (Phi) is 9.06. The average Bonchev–Trinajstić information content (AvgIpc) is 2.68. The number of benzene rings is 3. The molecule has 0 radical (unpaired) electrons. The second-order valence-electron chi connectivity index (χ2n) is 6.82. The Balaban J connectivity index is 2.08. The molecule has 0 saturated heterocycles. The molecule has 3 aromatic carbocycles. The average molecular weight is 842 g/mol. The Morgan fingerprint density at radius 3 is 1.00 bits per heavy atom. The van der Waals surface area contributed by atoms with E-state index in [9.17, 15) is 4.57 Å². The lowest BCUT2D eigenvalue weighted by Crippen LogP contribution is -2.09. The predicted molar refractivity (Wildman–Crippen MR) is 149 cm³/mol. The van der Waals surface area contributed by atoms with Crippen LogP contribution in [0.15, 0.2) is 63.2 Å². The number of phosphoric ester groups is 1. The molecule has 0 spiro atoms. The van der Waals surface area contributed by atoms with Gasteiger partial charge < -0.3 is 13.6 Å². The molecular weight excluding hydrogens is 827 g/mol. The first-order valence-corrected chi connectivity index (χ1v) is 15.2. The van der Waals surface area contributed by atoms with E-state index in [0.717, 1.165) is 30.1 Å². The van der Waals surface area contributed by atoms with Crippen LogP contribution in [0.2, 0.25) is 0 Å². The fourth-order valence-corrected chi connectivity index (χ4v) is 7.41. The highest BCUT2D eigenvalue weighted by atomic mass is 79.9. The number of phosphoric acid groups is 1. The van der Waals surface area contributed by atoms with E-state index < -0.39 is 7.82 Å². The van der Waals surface area contributed by atoms with Gasteiger partial charge in [0.15, 0.2) is 0 Å². The van der Waals surface area contributed by atoms with Gasteiger partial charge in [-0.2, -0.15) is 4.57 Å². The van der Waals surface area contributed by atoms with Gasteiger partial charge in [-0.15, -0.1) is 0 Å². The largest absolute Gasteiger partial charge is 0.647 e. The van der Waals surface area contributed by atoms with E-state index in [1.165, 1.54) is 0 Å². The Morgan fingerprint density at radius 2 is 0.750 bits per heavy atom. The Labute approximate surface area is 237 Å². The second-order valence-corrected chi connectivity index (χ2v) is 13.4. The first kappa shape index (κ1) is 26.8. The number of hydrogen-bond donors (Lipinski definition) is 0. The van der Waals surface area contributed by atoms with Gasteiger partial charge in [-0.25, -0.2) is 0 Å². The highest BCUT2D eigenvalue weighted by Gasteiger charge is 2.36. The quantitative estimate of drug-likeness (QED) is 0.232.